The van der Waals surface area contributed by atoms with Crippen LogP contribution in [0.4, 0.5) is 0 Å². The minimum atomic E-state index is -4.73. The molecule has 0 spiro atoms. The molecule has 0 amide bonds. The normalized spacial score (nSPS) is 13.1. The van der Waals surface area contributed by atoms with Crippen molar-refractivity contribution < 1.29 is 34.8 Å². The molecule has 2 unspecified atom stereocenters. The molecule has 0 aliphatic heterocycles. The molecule has 0 rings (SSSR count). The van der Waals surface area contributed by atoms with Gasteiger partial charge in [-0.2, -0.15) is 0 Å². The van der Waals surface area contributed by atoms with Gasteiger partial charge >= 0.3 is 266 Å². The van der Waals surface area contributed by atoms with Crippen LogP contribution >= 0.6 is 25.3 Å². The SMILES string of the molecule is COC(=O)C[CH2][Sn]([CH2]CC(=O)OC)([O]C(=O)C(CS)CCCCCC(C)C)[O]C(=O)C(CS)CCCCCC(C)C. The van der Waals surface area contributed by atoms with Crippen molar-refractivity contribution in [1.29, 1.82) is 0 Å². The zero-order valence-electron chi connectivity index (χ0n) is 26.3. The summed E-state index contributed by atoms with van der Waals surface area (Å²) in [7, 11) is 2.55. The number of hydrogen-bond acceptors (Lipinski definition) is 10. The molecule has 0 aliphatic rings. The number of rotatable bonds is 24. The van der Waals surface area contributed by atoms with Gasteiger partial charge in [0.1, 0.15) is 0 Å². The zero-order chi connectivity index (χ0) is 31.3. The van der Waals surface area contributed by atoms with Crippen LogP contribution in [-0.2, 0) is 34.8 Å². The van der Waals surface area contributed by atoms with Gasteiger partial charge in [-0.25, -0.2) is 0 Å². The van der Waals surface area contributed by atoms with E-state index in [1.165, 1.54) is 14.2 Å². The first kappa shape index (κ1) is 40.4. The Morgan fingerprint density at radius 2 is 0.927 bits per heavy atom. The van der Waals surface area contributed by atoms with Crippen LogP contribution in [0.3, 0.4) is 0 Å². The second-order valence-electron chi connectivity index (χ2n) is 11.7. The summed E-state index contributed by atoms with van der Waals surface area (Å²) in [6, 6.07) is 0. The number of esters is 2. The van der Waals surface area contributed by atoms with E-state index in [9.17, 15) is 19.2 Å². The van der Waals surface area contributed by atoms with Crippen molar-refractivity contribution in [2.75, 3.05) is 25.7 Å². The third-order valence-corrected chi connectivity index (χ3v) is 17.2. The van der Waals surface area contributed by atoms with E-state index >= 15 is 0 Å². The molecular formula is C30H56O8S2Sn. The maximum absolute atomic E-state index is 13.5. The fourth-order valence-electron chi connectivity index (χ4n) is 4.48. The molecule has 0 bridgehead atoms. The number of carbonyl (C=O) groups excluding carboxylic acids is 4. The predicted molar refractivity (Wildman–Crippen MR) is 171 cm³/mol. The predicted octanol–water partition coefficient (Wildman–Crippen LogP) is 6.95. The van der Waals surface area contributed by atoms with E-state index < -0.39 is 54.9 Å². The van der Waals surface area contributed by atoms with Crippen molar-refractivity contribution in [2.24, 2.45) is 23.7 Å². The van der Waals surface area contributed by atoms with E-state index in [4.69, 9.17) is 15.6 Å². The first-order chi connectivity index (χ1) is 19.4. The maximum atomic E-state index is 13.5. The van der Waals surface area contributed by atoms with Crippen molar-refractivity contribution >= 4 is 68.3 Å². The fourth-order valence-corrected chi connectivity index (χ4v) is 13.5. The van der Waals surface area contributed by atoms with Crippen molar-refractivity contribution in [3.63, 3.8) is 0 Å². The zero-order valence-corrected chi connectivity index (χ0v) is 30.9. The van der Waals surface area contributed by atoms with Gasteiger partial charge in [-0.05, 0) is 0 Å². The standard InChI is InChI=1S/2C11H22O2S.2C4H7O2.Sn/c2*1-9(2)6-4-3-5-7-10(8-14)11(12)13;2*1-3-4(5)6-2;/h2*9-10,14H,3-8H2,1-2H3,(H,12,13);2*1,3H2,2H3;/q;;;;+2/p-2. The monoisotopic (exact) mass is 728 g/mol. The third-order valence-electron chi connectivity index (χ3n) is 7.22. The molecule has 0 aromatic rings. The van der Waals surface area contributed by atoms with Crippen LogP contribution in [0.5, 0.6) is 0 Å². The molecule has 0 N–H and O–H groups in total. The Morgan fingerprint density at radius 3 is 1.22 bits per heavy atom. The molecule has 0 aromatic carbocycles. The number of unbranched alkanes of at least 4 members (excludes halogenated alkanes) is 4. The Hall–Kier alpha value is -0.621. The molecule has 0 saturated heterocycles. The van der Waals surface area contributed by atoms with E-state index in [1.54, 1.807) is 0 Å². The molecule has 0 fully saturated rings. The van der Waals surface area contributed by atoms with Crippen LogP contribution in [0.1, 0.15) is 105 Å². The summed E-state index contributed by atoms with van der Waals surface area (Å²) in [4.78, 5) is 51.1. The molecule has 0 saturated carbocycles. The molecule has 8 nitrogen and oxygen atoms in total. The number of methoxy groups -OCH3 is 2. The molecule has 240 valence electrons. The molecular weight excluding hydrogens is 671 g/mol. The first-order valence-corrected chi connectivity index (χ1v) is 22.9. The summed E-state index contributed by atoms with van der Waals surface area (Å²) >= 11 is 4.08. The first-order valence-electron chi connectivity index (χ1n) is 15.2. The van der Waals surface area contributed by atoms with Crippen LogP contribution in [-0.4, -0.2) is 68.8 Å². The van der Waals surface area contributed by atoms with E-state index in [-0.39, 0.29) is 21.7 Å². The summed E-state index contributed by atoms with van der Waals surface area (Å²) in [6.45, 7) is 8.76. The molecule has 11 heteroatoms. The Bertz CT molecular complexity index is 701. The molecule has 41 heavy (non-hydrogen) atoms. The van der Waals surface area contributed by atoms with Crippen LogP contribution < -0.4 is 0 Å². The summed E-state index contributed by atoms with van der Waals surface area (Å²) < 4.78 is 22.1. The van der Waals surface area contributed by atoms with Gasteiger partial charge in [0.05, 0.1) is 0 Å². The summed E-state index contributed by atoms with van der Waals surface area (Å²) in [5, 5.41) is 0. The topological polar surface area (TPSA) is 105 Å². The van der Waals surface area contributed by atoms with Crippen LogP contribution in [0.2, 0.25) is 8.87 Å². The van der Waals surface area contributed by atoms with Gasteiger partial charge in [0.15, 0.2) is 0 Å². The second kappa shape index (κ2) is 23.8. The summed E-state index contributed by atoms with van der Waals surface area (Å²) in [5.74, 6) is -1.02. The van der Waals surface area contributed by atoms with E-state index in [0.717, 1.165) is 51.4 Å². The molecule has 0 aliphatic carbocycles. The van der Waals surface area contributed by atoms with Crippen molar-refractivity contribution in [3.8, 4) is 0 Å². The van der Waals surface area contributed by atoms with Crippen molar-refractivity contribution in [2.45, 2.75) is 114 Å². The minimum absolute atomic E-state index is 0.0667. The molecule has 0 aromatic heterocycles. The van der Waals surface area contributed by atoms with E-state index in [2.05, 4.69) is 53.0 Å². The number of carbonyl (C=O) groups is 4. The number of ether oxygens (including phenoxy) is 2. The average molecular weight is 728 g/mol. The van der Waals surface area contributed by atoms with E-state index in [0.29, 0.717) is 36.2 Å². The van der Waals surface area contributed by atoms with Gasteiger partial charge < -0.3 is 0 Å². The Labute approximate surface area is 264 Å². The average Bonchev–Trinajstić information content (AvgIpc) is 2.93. The van der Waals surface area contributed by atoms with Gasteiger partial charge in [-0.1, -0.05) is 0 Å². The van der Waals surface area contributed by atoms with Crippen LogP contribution in [0, 0.1) is 23.7 Å². The van der Waals surface area contributed by atoms with Gasteiger partial charge in [0.2, 0.25) is 0 Å². The second-order valence-corrected chi connectivity index (χ2v) is 21.7. The third kappa shape index (κ3) is 19.3. The Kier molecular flexibility index (Phi) is 23.4. The van der Waals surface area contributed by atoms with Gasteiger partial charge in [0, 0.05) is 0 Å². The van der Waals surface area contributed by atoms with E-state index in [1.807, 2.05) is 0 Å². The van der Waals surface area contributed by atoms with Crippen molar-refractivity contribution in [3.05, 3.63) is 0 Å². The summed E-state index contributed by atoms with van der Waals surface area (Å²) in [5.41, 5.74) is 0. The van der Waals surface area contributed by atoms with Gasteiger partial charge in [-0.15, -0.1) is 0 Å². The molecule has 0 radical (unpaired) electrons. The van der Waals surface area contributed by atoms with Crippen LogP contribution in [0.15, 0.2) is 0 Å². The number of thiol groups is 2. The fraction of sp³-hybridized carbons (Fsp3) is 0.867. The van der Waals surface area contributed by atoms with Crippen LogP contribution in [0.25, 0.3) is 0 Å². The van der Waals surface area contributed by atoms with Gasteiger partial charge in [-0.3, -0.25) is 0 Å². The summed E-state index contributed by atoms with van der Waals surface area (Å²) in [6.07, 6.45) is 9.26. The van der Waals surface area contributed by atoms with Gasteiger partial charge in [0.25, 0.3) is 0 Å². The number of hydrogen-bond donors (Lipinski definition) is 2. The Morgan fingerprint density at radius 1 is 0.585 bits per heavy atom. The molecule has 2 atom stereocenters. The quantitative estimate of drug-likeness (QED) is 0.0477. The Balaban J connectivity index is 5.79. The van der Waals surface area contributed by atoms with Crippen molar-refractivity contribution in [1.82, 2.24) is 0 Å². The molecule has 0 heterocycles.